The van der Waals surface area contributed by atoms with Crippen molar-refractivity contribution in [1.29, 1.82) is 0 Å². The van der Waals surface area contributed by atoms with Crippen LogP contribution in [0.25, 0.3) is 0 Å². The smallest absolute Gasteiger partial charge is 0.332 e. The number of methoxy groups -OCH3 is 14. The Balaban J connectivity index is -0.000000187. The molecule has 0 unspecified atom stereocenters. The van der Waals surface area contributed by atoms with E-state index in [9.17, 15) is 52.7 Å². The second-order valence-corrected chi connectivity index (χ2v) is 30.5. The van der Waals surface area contributed by atoms with E-state index in [2.05, 4.69) is 46.0 Å². The monoisotopic (exact) mass is 1930 g/mol. The van der Waals surface area contributed by atoms with Gasteiger partial charge in [-0.15, -0.1) is 0 Å². The van der Waals surface area contributed by atoms with Gasteiger partial charge in [-0.1, -0.05) is 129 Å². The van der Waals surface area contributed by atoms with Gasteiger partial charge >= 0.3 is 29.8 Å². The second-order valence-electron chi connectivity index (χ2n) is 30.5. The van der Waals surface area contributed by atoms with Crippen LogP contribution in [0.15, 0.2) is 0 Å². The molecule has 0 amide bonds. The molecule has 0 radical (unpaired) electrons. The Bertz CT molecular complexity index is 2320. The highest BCUT2D eigenvalue weighted by Gasteiger charge is 2.09. The Morgan fingerprint density at radius 3 is 0.692 bits per heavy atom. The van der Waals surface area contributed by atoms with Crippen molar-refractivity contribution in [1.82, 2.24) is 10.6 Å². The van der Waals surface area contributed by atoms with E-state index in [4.69, 9.17) is 75.8 Å². The number of carbonyl (C=O) groups excluding carboxylic acids is 11. The number of ether oxygens (including phenoxy) is 22. The van der Waals surface area contributed by atoms with Crippen molar-refractivity contribution < 1.29 is 157 Å². The average Bonchev–Trinajstić information content (AvgIpc) is 1.08. The lowest BCUT2D eigenvalue weighted by Gasteiger charge is -2.05. The molecule has 0 rings (SSSR count). The van der Waals surface area contributed by atoms with Crippen LogP contribution in [-0.4, -0.2) is 356 Å². The van der Waals surface area contributed by atoms with E-state index < -0.39 is 0 Å². The molecule has 0 aromatic rings. The third-order valence-electron chi connectivity index (χ3n) is 18.0. The fourth-order valence-electron chi connectivity index (χ4n) is 10.8. The van der Waals surface area contributed by atoms with E-state index >= 15 is 0 Å². The Labute approximate surface area is 804 Å². The molecule has 0 aliphatic rings. The van der Waals surface area contributed by atoms with Crippen molar-refractivity contribution in [2.45, 2.75) is 284 Å². The van der Waals surface area contributed by atoms with Crippen LogP contribution in [-0.2, 0) is 157 Å². The normalized spacial score (nSPS) is 10.3. The van der Waals surface area contributed by atoms with E-state index in [-0.39, 0.29) is 124 Å². The maximum absolute atomic E-state index is 11.1. The lowest BCUT2D eigenvalue weighted by Crippen LogP contribution is -2.13. The van der Waals surface area contributed by atoms with Gasteiger partial charge < -0.3 is 115 Å². The Morgan fingerprint density at radius 2 is 0.406 bits per heavy atom. The van der Waals surface area contributed by atoms with E-state index in [0.717, 1.165) is 168 Å². The fourth-order valence-corrected chi connectivity index (χ4v) is 10.8. The number of rotatable bonds is 90. The van der Waals surface area contributed by atoms with Gasteiger partial charge in [0, 0.05) is 177 Å². The molecular weight excluding hydrogens is 1730 g/mol. The van der Waals surface area contributed by atoms with Crippen LogP contribution >= 0.6 is 0 Å². The summed E-state index contributed by atoms with van der Waals surface area (Å²) in [6, 6.07) is 0. The molecule has 794 valence electrons. The van der Waals surface area contributed by atoms with Gasteiger partial charge in [0.05, 0.1) is 79.8 Å². The average molecular weight is 1930 g/mol. The van der Waals surface area contributed by atoms with E-state index in [1.807, 2.05) is 21.0 Å². The minimum atomic E-state index is -0.310. The number of hydrogen-bond donors (Lipinski definition) is 2. The molecule has 0 spiro atoms. The first-order valence-electron chi connectivity index (χ1n) is 48.3. The molecule has 133 heavy (non-hydrogen) atoms. The molecule has 0 aliphatic carbocycles. The zero-order valence-electron chi connectivity index (χ0n) is 86.8. The minimum Gasteiger partial charge on any atom is -0.469 e. The Hall–Kier alpha value is -5.39. The standard InChI is InChI=1S/2C13H24O5.C12H25NO3.C12H24O3.C11H22O5.C11H22O2.C10H20O4.C8H17NO3.C8H16O3/c1-16-11-13(15)18-10-8-6-4-3-5-7-9-12(14)17-2;1-3-12(14)6-8-18-10-9-17-7-4-5-13(15)11-16-2;1-13-9-7-5-3-4-6-8-10-16-12(14)11-15-2;1-14-10-8-6-4-3-5-7-9-12(13)11-15-2;1-13-6-7-16-9-8-15-5-3-4-11(12)10-14-2;1-3-4-5-6-7-8-9-11(12)10-13-2;1-12-7-5-3-4-6-8-14-10(11)9-13-2;1-9-5-3-4-6-12-8(10)7-11-2;1-10-6-4-3-5-8(9)7-11-2/h2*3-11H2,1-2H3;13H,3-11H2,1-2H3;3-11H2,1-2H3;3-10H2,1-2H3;3-10H2,1-2H3;3-9H2,1-2H3;9H,3-7H2,1-2H3;3-7H2,1-2H3. The molecule has 0 heterocycles. The van der Waals surface area contributed by atoms with Gasteiger partial charge in [-0.3, -0.25) is 33.6 Å². The summed E-state index contributed by atoms with van der Waals surface area (Å²) in [4.78, 5) is 120. The van der Waals surface area contributed by atoms with Crippen LogP contribution in [0.1, 0.15) is 284 Å². The second kappa shape index (κ2) is 137. The van der Waals surface area contributed by atoms with Crippen LogP contribution < -0.4 is 10.6 Å². The van der Waals surface area contributed by atoms with Crippen molar-refractivity contribution >= 4 is 64.5 Å². The quantitative estimate of drug-likeness (QED) is 0.0324. The highest BCUT2D eigenvalue weighted by molar-refractivity contribution is 5.81. The predicted molar refractivity (Wildman–Crippen MR) is 517 cm³/mol. The summed E-state index contributed by atoms with van der Waals surface area (Å²) < 4.78 is 107. The molecule has 0 aliphatic heterocycles. The van der Waals surface area contributed by atoms with Crippen LogP contribution in [0, 0.1) is 0 Å². The summed E-state index contributed by atoms with van der Waals surface area (Å²) in [5.41, 5.74) is 0. The zero-order valence-corrected chi connectivity index (χ0v) is 86.8. The van der Waals surface area contributed by atoms with Crippen molar-refractivity contribution in [3.8, 4) is 0 Å². The van der Waals surface area contributed by atoms with Gasteiger partial charge in [-0.2, -0.15) is 0 Å². The fraction of sp³-hybridized carbons (Fsp3) is 0.888. The van der Waals surface area contributed by atoms with Crippen LogP contribution in [0.5, 0.6) is 0 Å². The Morgan fingerprint density at radius 1 is 0.180 bits per heavy atom. The maximum Gasteiger partial charge on any atom is 0.332 e. The first kappa shape index (κ1) is 145. The van der Waals surface area contributed by atoms with Gasteiger partial charge in [-0.25, -0.2) is 19.2 Å². The van der Waals surface area contributed by atoms with Crippen LogP contribution in [0.3, 0.4) is 0 Å². The summed E-state index contributed by atoms with van der Waals surface area (Å²) in [5, 5.41) is 6.15. The van der Waals surface area contributed by atoms with Crippen LogP contribution in [0.2, 0.25) is 0 Å². The van der Waals surface area contributed by atoms with E-state index in [1.165, 1.54) is 134 Å². The third-order valence-corrected chi connectivity index (χ3v) is 18.0. The predicted octanol–water partition coefficient (Wildman–Crippen LogP) is 14.0. The molecular formula is C98H194N2O33. The molecule has 0 bridgehead atoms. The number of hydrogen-bond acceptors (Lipinski definition) is 35. The van der Waals surface area contributed by atoms with Gasteiger partial charge in [0.2, 0.25) is 0 Å². The first-order chi connectivity index (χ1) is 64.6. The molecule has 2 N–H and O–H groups in total. The van der Waals surface area contributed by atoms with Crippen LogP contribution in [0.4, 0.5) is 0 Å². The lowest BCUT2D eigenvalue weighted by atomic mass is 10.1. The number of unbranched alkanes of at least 4 members (excludes halogenated alkanes) is 25. The zero-order chi connectivity index (χ0) is 101. The number of ketones is 6. The SMILES string of the molecule is CCC(=O)CCOCCOCCCC(=O)COC.CCCCCCCCC(=O)COC.CNCCCCCCCCOC(=O)COC.CNCCCCOC(=O)COC.COCC(=O)OCCCCCCCCC(=O)OC.COCCCCC(=O)COC.COCCCCCCCCC(=O)COC.COCCCCCCOC(=O)COC.COCCOCCOCCCC(=O)COC. The van der Waals surface area contributed by atoms with Crippen molar-refractivity contribution in [2.24, 2.45) is 0 Å². The van der Waals surface area contributed by atoms with Gasteiger partial charge in [0.25, 0.3) is 0 Å². The minimum absolute atomic E-state index is 0.0214. The van der Waals surface area contributed by atoms with Crippen molar-refractivity contribution in [3.63, 3.8) is 0 Å². The molecule has 0 aromatic heterocycles. The highest BCUT2D eigenvalue weighted by Crippen LogP contribution is 2.12. The molecule has 0 aromatic carbocycles. The molecule has 35 heteroatoms. The molecule has 0 saturated carbocycles. The number of Topliss-reactive ketones (excluding diaryl/α,β-unsaturated/α-hetero) is 6. The largest absolute Gasteiger partial charge is 0.469 e. The Kier molecular flexibility index (Phi) is 150. The number of carbonyl (C=O) groups is 11. The van der Waals surface area contributed by atoms with Crippen molar-refractivity contribution in [2.75, 3.05) is 292 Å². The molecule has 0 atom stereocenters. The number of nitrogens with one attached hydrogen (secondary N) is 2. The van der Waals surface area contributed by atoms with E-state index in [1.54, 1.807) is 42.7 Å². The first-order valence-corrected chi connectivity index (χ1v) is 48.3. The molecule has 0 fully saturated rings. The summed E-state index contributed by atoms with van der Waals surface area (Å²) >= 11 is 0. The topological polar surface area (TPSA) is 415 Å². The van der Waals surface area contributed by atoms with E-state index in [0.29, 0.717) is 144 Å². The molecule has 35 nitrogen and oxygen atoms in total. The summed E-state index contributed by atoms with van der Waals surface area (Å²) in [6.07, 6.45) is 41.5. The van der Waals surface area contributed by atoms with Gasteiger partial charge in [0.1, 0.15) is 65.2 Å². The lowest BCUT2D eigenvalue weighted by molar-refractivity contribution is -0.148. The third kappa shape index (κ3) is 158. The summed E-state index contributed by atoms with van der Waals surface area (Å²) in [7, 11) is 25.6. The summed E-state index contributed by atoms with van der Waals surface area (Å²) in [5.74, 6) is -0.248. The summed E-state index contributed by atoms with van der Waals surface area (Å²) in [6.45, 7) is 16.7. The van der Waals surface area contributed by atoms with Crippen molar-refractivity contribution in [3.05, 3.63) is 0 Å². The van der Waals surface area contributed by atoms with Gasteiger partial charge in [-0.05, 0) is 130 Å². The highest BCUT2D eigenvalue weighted by atomic mass is 16.6. The number of esters is 5. The van der Waals surface area contributed by atoms with Gasteiger partial charge in [0.15, 0.2) is 28.9 Å². The molecule has 0 saturated heterocycles. The maximum atomic E-state index is 11.1.